The fourth-order valence-corrected chi connectivity index (χ4v) is 2.42. The van der Waals surface area contributed by atoms with E-state index in [1.807, 2.05) is 22.6 Å². The molecule has 2 heterocycles. The molecule has 2 rings (SSSR count). The summed E-state index contributed by atoms with van der Waals surface area (Å²) in [6.07, 6.45) is 7.98. The topological polar surface area (TPSA) is 44.1 Å². The summed E-state index contributed by atoms with van der Waals surface area (Å²) in [4.78, 5) is 15.7. The Morgan fingerprint density at radius 1 is 1.62 bits per heavy atom. The van der Waals surface area contributed by atoms with Crippen LogP contribution in [-0.4, -0.2) is 22.3 Å². The van der Waals surface area contributed by atoms with Gasteiger partial charge in [0.15, 0.2) is 0 Å². The van der Waals surface area contributed by atoms with Crippen molar-refractivity contribution in [3.05, 3.63) is 26.4 Å². The van der Waals surface area contributed by atoms with Crippen molar-refractivity contribution in [1.82, 2.24) is 9.55 Å². The second-order valence-corrected chi connectivity index (χ2v) is 5.18. The van der Waals surface area contributed by atoms with E-state index in [0.717, 1.165) is 26.0 Å². The lowest BCUT2D eigenvalue weighted by atomic mass is 10.1. The van der Waals surface area contributed by atoms with Gasteiger partial charge in [-0.05, 0) is 48.3 Å². The lowest BCUT2D eigenvalue weighted by Crippen LogP contribution is -2.23. The molecule has 1 atom stereocenters. The standard InChI is InChI=1S/C11H15IN2O2/c12-10-7-13-8-14(11(10)15)5-1-3-9-4-2-6-16-9/h7-9H,1-6H2. The first-order chi connectivity index (χ1) is 7.77. The highest BCUT2D eigenvalue weighted by atomic mass is 127. The summed E-state index contributed by atoms with van der Waals surface area (Å²) < 4.78 is 7.90. The van der Waals surface area contributed by atoms with E-state index >= 15 is 0 Å². The van der Waals surface area contributed by atoms with E-state index in [0.29, 0.717) is 9.67 Å². The molecule has 1 aliphatic heterocycles. The zero-order valence-corrected chi connectivity index (χ0v) is 11.2. The van der Waals surface area contributed by atoms with Gasteiger partial charge in [0.2, 0.25) is 0 Å². The Kier molecular flexibility index (Phi) is 4.34. The molecule has 4 nitrogen and oxygen atoms in total. The second kappa shape index (κ2) is 5.77. The third-order valence-corrected chi connectivity index (χ3v) is 3.55. The van der Waals surface area contributed by atoms with E-state index in [2.05, 4.69) is 4.98 Å². The SMILES string of the molecule is O=c1c(I)cncn1CCCC1CCCO1. The maximum atomic E-state index is 11.7. The molecule has 0 aromatic carbocycles. The molecule has 0 N–H and O–H groups in total. The molecule has 0 radical (unpaired) electrons. The molecular formula is C11H15IN2O2. The van der Waals surface area contributed by atoms with Crippen LogP contribution in [-0.2, 0) is 11.3 Å². The molecule has 0 bridgehead atoms. The Balaban J connectivity index is 1.85. The number of ether oxygens (including phenoxy) is 1. The van der Waals surface area contributed by atoms with Crippen molar-refractivity contribution < 1.29 is 4.74 Å². The number of aryl methyl sites for hydroxylation is 1. The first-order valence-electron chi connectivity index (χ1n) is 5.59. The molecular weight excluding hydrogens is 319 g/mol. The van der Waals surface area contributed by atoms with Crippen molar-refractivity contribution in [3.8, 4) is 0 Å². The van der Waals surface area contributed by atoms with Crippen molar-refractivity contribution in [2.75, 3.05) is 6.61 Å². The van der Waals surface area contributed by atoms with Crippen LogP contribution in [0.25, 0.3) is 0 Å². The summed E-state index contributed by atoms with van der Waals surface area (Å²) in [7, 11) is 0. The largest absolute Gasteiger partial charge is 0.378 e. The van der Waals surface area contributed by atoms with Crippen LogP contribution in [0.2, 0.25) is 0 Å². The van der Waals surface area contributed by atoms with Crippen LogP contribution in [0.15, 0.2) is 17.3 Å². The summed E-state index contributed by atoms with van der Waals surface area (Å²) in [6, 6.07) is 0. The molecule has 1 saturated heterocycles. The van der Waals surface area contributed by atoms with E-state index in [9.17, 15) is 4.79 Å². The minimum Gasteiger partial charge on any atom is -0.378 e. The third kappa shape index (κ3) is 3.04. The summed E-state index contributed by atoms with van der Waals surface area (Å²) in [5, 5.41) is 0. The smallest absolute Gasteiger partial charge is 0.266 e. The molecule has 0 amide bonds. The monoisotopic (exact) mass is 334 g/mol. The first-order valence-corrected chi connectivity index (χ1v) is 6.67. The van der Waals surface area contributed by atoms with Gasteiger partial charge in [0.05, 0.1) is 16.0 Å². The summed E-state index contributed by atoms with van der Waals surface area (Å²) in [5.74, 6) is 0. The summed E-state index contributed by atoms with van der Waals surface area (Å²) >= 11 is 2.02. The lowest BCUT2D eigenvalue weighted by Gasteiger charge is -2.09. The molecule has 0 aliphatic carbocycles. The molecule has 0 spiro atoms. The van der Waals surface area contributed by atoms with Gasteiger partial charge in [-0.2, -0.15) is 0 Å². The Morgan fingerprint density at radius 2 is 2.50 bits per heavy atom. The van der Waals surface area contributed by atoms with Crippen LogP contribution in [0, 0.1) is 3.57 Å². The van der Waals surface area contributed by atoms with Gasteiger partial charge in [-0.15, -0.1) is 0 Å². The minimum absolute atomic E-state index is 0.0583. The fourth-order valence-electron chi connectivity index (χ4n) is 1.94. The molecule has 0 saturated carbocycles. The van der Waals surface area contributed by atoms with Crippen LogP contribution < -0.4 is 5.56 Å². The maximum absolute atomic E-state index is 11.7. The highest BCUT2D eigenvalue weighted by Gasteiger charge is 2.14. The van der Waals surface area contributed by atoms with E-state index < -0.39 is 0 Å². The zero-order chi connectivity index (χ0) is 11.4. The van der Waals surface area contributed by atoms with Gasteiger partial charge in [0.25, 0.3) is 5.56 Å². The number of rotatable bonds is 4. The second-order valence-electron chi connectivity index (χ2n) is 4.02. The molecule has 5 heteroatoms. The molecule has 16 heavy (non-hydrogen) atoms. The molecule has 1 aromatic heterocycles. The first kappa shape index (κ1) is 12.0. The van der Waals surface area contributed by atoms with Crippen molar-refractivity contribution in [3.63, 3.8) is 0 Å². The van der Waals surface area contributed by atoms with E-state index in [1.165, 1.54) is 12.8 Å². The Morgan fingerprint density at radius 3 is 3.25 bits per heavy atom. The third-order valence-electron chi connectivity index (χ3n) is 2.81. The quantitative estimate of drug-likeness (QED) is 0.789. The van der Waals surface area contributed by atoms with Crippen LogP contribution in [0.3, 0.4) is 0 Å². The number of hydrogen-bond donors (Lipinski definition) is 0. The Hall–Kier alpha value is -0.430. The number of halogens is 1. The highest BCUT2D eigenvalue weighted by Crippen LogP contribution is 2.16. The van der Waals surface area contributed by atoms with Gasteiger partial charge in [-0.1, -0.05) is 0 Å². The Bertz CT molecular complexity index is 399. The zero-order valence-electron chi connectivity index (χ0n) is 9.06. The van der Waals surface area contributed by atoms with Crippen molar-refractivity contribution >= 4 is 22.6 Å². The van der Waals surface area contributed by atoms with Crippen molar-refractivity contribution in [2.45, 2.75) is 38.3 Å². The van der Waals surface area contributed by atoms with Gasteiger partial charge in [-0.3, -0.25) is 9.36 Å². The molecule has 1 aromatic rings. The van der Waals surface area contributed by atoms with E-state index in [-0.39, 0.29) is 5.56 Å². The molecule has 1 aliphatic rings. The minimum atomic E-state index is 0.0583. The Labute approximate surface area is 108 Å². The summed E-state index contributed by atoms with van der Waals surface area (Å²) in [6.45, 7) is 1.64. The highest BCUT2D eigenvalue weighted by molar-refractivity contribution is 14.1. The van der Waals surface area contributed by atoms with Gasteiger partial charge >= 0.3 is 0 Å². The van der Waals surface area contributed by atoms with Crippen LogP contribution in [0.4, 0.5) is 0 Å². The predicted octanol–water partition coefficient (Wildman–Crippen LogP) is 1.81. The van der Waals surface area contributed by atoms with Gasteiger partial charge in [0.1, 0.15) is 0 Å². The van der Waals surface area contributed by atoms with Crippen molar-refractivity contribution in [2.24, 2.45) is 0 Å². The van der Waals surface area contributed by atoms with E-state index in [1.54, 1.807) is 17.1 Å². The average Bonchev–Trinajstić information content (AvgIpc) is 2.77. The van der Waals surface area contributed by atoms with Crippen LogP contribution >= 0.6 is 22.6 Å². The predicted molar refractivity (Wildman–Crippen MR) is 69.4 cm³/mol. The molecule has 1 fully saturated rings. The van der Waals surface area contributed by atoms with Crippen molar-refractivity contribution in [1.29, 1.82) is 0 Å². The average molecular weight is 334 g/mol. The van der Waals surface area contributed by atoms with Gasteiger partial charge in [0, 0.05) is 19.3 Å². The van der Waals surface area contributed by atoms with Crippen LogP contribution in [0.1, 0.15) is 25.7 Å². The van der Waals surface area contributed by atoms with Crippen LogP contribution in [0.5, 0.6) is 0 Å². The number of hydrogen-bond acceptors (Lipinski definition) is 3. The normalized spacial score (nSPS) is 20.2. The number of nitrogens with zero attached hydrogens (tertiary/aromatic N) is 2. The van der Waals surface area contributed by atoms with E-state index in [4.69, 9.17) is 4.74 Å². The number of aromatic nitrogens is 2. The molecule has 88 valence electrons. The van der Waals surface area contributed by atoms with Gasteiger partial charge < -0.3 is 4.74 Å². The lowest BCUT2D eigenvalue weighted by molar-refractivity contribution is 0.101. The van der Waals surface area contributed by atoms with Gasteiger partial charge in [-0.25, -0.2) is 4.98 Å². The maximum Gasteiger partial charge on any atom is 0.266 e. The fraction of sp³-hybridized carbons (Fsp3) is 0.636. The molecule has 1 unspecified atom stereocenters. The summed E-state index contributed by atoms with van der Waals surface area (Å²) in [5.41, 5.74) is 0.0583.